The van der Waals surface area contributed by atoms with Gasteiger partial charge in [0.25, 0.3) is 0 Å². The van der Waals surface area contributed by atoms with Crippen LogP contribution in [0.15, 0.2) is 0 Å². The van der Waals surface area contributed by atoms with Crippen LogP contribution < -0.4 is 5.73 Å². The Balaban J connectivity index is 2.46. The second-order valence-electron chi connectivity index (χ2n) is 3.67. The van der Waals surface area contributed by atoms with Gasteiger partial charge in [0.05, 0.1) is 0 Å². The molecule has 0 radical (unpaired) electrons. The Morgan fingerprint density at radius 3 is 2.50 bits per heavy atom. The molecule has 1 saturated heterocycles. The maximum atomic E-state index is 5.89. The Hall–Kier alpha value is -0.0800. The smallest absolute Gasteiger partial charge is 0.0194 e. The lowest BCUT2D eigenvalue weighted by molar-refractivity contribution is 0.140. The fourth-order valence-electron chi connectivity index (χ4n) is 1.59. The van der Waals surface area contributed by atoms with Gasteiger partial charge in [-0.1, -0.05) is 6.92 Å². The van der Waals surface area contributed by atoms with Crippen LogP contribution in [0.3, 0.4) is 0 Å². The zero-order chi connectivity index (χ0) is 7.72. The summed E-state index contributed by atoms with van der Waals surface area (Å²) >= 11 is 0. The number of hydrogen-bond donors (Lipinski definition) is 1. The molecular weight excluding hydrogens is 124 g/mol. The highest BCUT2D eigenvalue weighted by atomic mass is 15.1. The van der Waals surface area contributed by atoms with Crippen LogP contribution in [0, 0.1) is 5.92 Å². The van der Waals surface area contributed by atoms with E-state index in [0.717, 1.165) is 12.6 Å². The Bertz CT molecular complexity index is 87.8. The molecule has 3 unspecified atom stereocenters. The fraction of sp³-hybridized carbons (Fsp3) is 1.00. The van der Waals surface area contributed by atoms with Crippen LogP contribution in [0.2, 0.25) is 0 Å². The van der Waals surface area contributed by atoms with Crippen molar-refractivity contribution in [2.45, 2.75) is 32.4 Å². The number of likely N-dealkylation sites (N-methyl/N-ethyl adjacent to an activating group) is 1. The second-order valence-corrected chi connectivity index (χ2v) is 3.67. The summed E-state index contributed by atoms with van der Waals surface area (Å²) in [6.45, 7) is 5.57. The molecule has 2 N–H and O–H groups in total. The van der Waals surface area contributed by atoms with Gasteiger partial charge in [0, 0.05) is 18.6 Å². The van der Waals surface area contributed by atoms with Gasteiger partial charge in [0.1, 0.15) is 0 Å². The summed E-state index contributed by atoms with van der Waals surface area (Å²) < 4.78 is 0. The topological polar surface area (TPSA) is 29.3 Å². The quantitative estimate of drug-likeness (QED) is 0.539. The van der Waals surface area contributed by atoms with Gasteiger partial charge in [-0.15, -0.1) is 0 Å². The molecule has 0 aromatic heterocycles. The Morgan fingerprint density at radius 1 is 1.40 bits per heavy atom. The maximum Gasteiger partial charge on any atom is 0.0194 e. The molecule has 1 fully saturated rings. The number of piperidine rings is 1. The first-order valence-corrected chi connectivity index (χ1v) is 4.07. The monoisotopic (exact) mass is 142 g/mol. The molecule has 0 aromatic rings. The summed E-state index contributed by atoms with van der Waals surface area (Å²) in [6, 6.07) is 1.11. The molecule has 1 heterocycles. The van der Waals surface area contributed by atoms with E-state index in [9.17, 15) is 0 Å². The summed E-state index contributed by atoms with van der Waals surface area (Å²) in [5.41, 5.74) is 5.89. The lowest BCUT2D eigenvalue weighted by Crippen LogP contribution is -2.49. The largest absolute Gasteiger partial charge is 0.326 e. The Labute approximate surface area is 63.4 Å². The molecule has 0 aromatic carbocycles. The van der Waals surface area contributed by atoms with Crippen molar-refractivity contribution in [1.29, 1.82) is 0 Å². The number of nitrogens with two attached hydrogens (primary N) is 1. The van der Waals surface area contributed by atoms with Crippen LogP contribution in [0.4, 0.5) is 0 Å². The third-order valence-electron chi connectivity index (χ3n) is 2.70. The summed E-state index contributed by atoms with van der Waals surface area (Å²) in [5, 5.41) is 0. The van der Waals surface area contributed by atoms with Gasteiger partial charge in [-0.05, 0) is 26.3 Å². The van der Waals surface area contributed by atoms with E-state index >= 15 is 0 Å². The molecule has 1 rings (SSSR count). The molecule has 60 valence electrons. The van der Waals surface area contributed by atoms with E-state index in [-0.39, 0.29) is 0 Å². The summed E-state index contributed by atoms with van der Waals surface area (Å²) in [6.07, 6.45) is 1.25. The standard InChI is InChI=1S/C8H18N2/c1-6-4-7(2)10(3)5-8(6)9/h6-8H,4-5,9H2,1-3H3. The molecule has 0 spiro atoms. The van der Waals surface area contributed by atoms with Gasteiger partial charge in [-0.2, -0.15) is 0 Å². The van der Waals surface area contributed by atoms with Crippen LogP contribution >= 0.6 is 0 Å². The van der Waals surface area contributed by atoms with Gasteiger partial charge >= 0.3 is 0 Å². The van der Waals surface area contributed by atoms with Crippen molar-refractivity contribution in [1.82, 2.24) is 4.90 Å². The Kier molecular flexibility index (Phi) is 2.32. The molecule has 2 nitrogen and oxygen atoms in total. The van der Waals surface area contributed by atoms with E-state index in [2.05, 4.69) is 25.8 Å². The van der Waals surface area contributed by atoms with Crippen molar-refractivity contribution < 1.29 is 0 Å². The van der Waals surface area contributed by atoms with E-state index in [1.807, 2.05) is 0 Å². The predicted octanol–water partition coefficient (Wildman–Crippen LogP) is 0.674. The lowest BCUT2D eigenvalue weighted by Gasteiger charge is -2.37. The van der Waals surface area contributed by atoms with Crippen molar-refractivity contribution in [2.75, 3.05) is 13.6 Å². The highest BCUT2D eigenvalue weighted by Crippen LogP contribution is 2.19. The van der Waals surface area contributed by atoms with Crippen molar-refractivity contribution in [3.8, 4) is 0 Å². The van der Waals surface area contributed by atoms with Gasteiger partial charge in [-0.3, -0.25) is 0 Å². The van der Waals surface area contributed by atoms with Crippen LogP contribution in [-0.2, 0) is 0 Å². The fourth-order valence-corrected chi connectivity index (χ4v) is 1.59. The van der Waals surface area contributed by atoms with Crippen LogP contribution in [0.1, 0.15) is 20.3 Å². The first-order chi connectivity index (χ1) is 4.61. The third kappa shape index (κ3) is 1.50. The predicted molar refractivity (Wildman–Crippen MR) is 43.8 cm³/mol. The van der Waals surface area contributed by atoms with E-state index in [1.165, 1.54) is 6.42 Å². The highest BCUT2D eigenvalue weighted by molar-refractivity contribution is 4.83. The average molecular weight is 142 g/mol. The molecule has 1 aliphatic heterocycles. The van der Waals surface area contributed by atoms with E-state index in [4.69, 9.17) is 5.73 Å². The average Bonchev–Trinajstić information content (AvgIpc) is 1.84. The van der Waals surface area contributed by atoms with Gasteiger partial charge < -0.3 is 10.6 Å². The molecular formula is C8H18N2. The minimum Gasteiger partial charge on any atom is -0.326 e. The van der Waals surface area contributed by atoms with Crippen LogP contribution in [0.25, 0.3) is 0 Å². The highest BCUT2D eigenvalue weighted by Gasteiger charge is 2.25. The molecule has 0 saturated carbocycles. The van der Waals surface area contributed by atoms with E-state index < -0.39 is 0 Å². The minimum atomic E-state index is 0.390. The van der Waals surface area contributed by atoms with Gasteiger partial charge in [0.2, 0.25) is 0 Å². The van der Waals surface area contributed by atoms with E-state index in [0.29, 0.717) is 12.0 Å². The first kappa shape index (κ1) is 8.02. The van der Waals surface area contributed by atoms with Crippen molar-refractivity contribution in [3.05, 3.63) is 0 Å². The summed E-state index contributed by atoms with van der Waals surface area (Å²) in [5.74, 6) is 0.700. The van der Waals surface area contributed by atoms with Crippen molar-refractivity contribution >= 4 is 0 Å². The molecule has 2 heteroatoms. The second kappa shape index (κ2) is 2.89. The number of hydrogen-bond acceptors (Lipinski definition) is 2. The molecule has 3 atom stereocenters. The third-order valence-corrected chi connectivity index (χ3v) is 2.70. The molecule has 0 amide bonds. The van der Waals surface area contributed by atoms with E-state index in [1.54, 1.807) is 0 Å². The molecule has 0 aliphatic carbocycles. The minimum absolute atomic E-state index is 0.390. The number of nitrogens with zero attached hydrogens (tertiary/aromatic N) is 1. The zero-order valence-electron chi connectivity index (χ0n) is 7.17. The number of rotatable bonds is 0. The Morgan fingerprint density at radius 2 is 2.00 bits per heavy atom. The van der Waals surface area contributed by atoms with Crippen molar-refractivity contribution in [2.24, 2.45) is 11.7 Å². The van der Waals surface area contributed by atoms with Crippen LogP contribution in [-0.4, -0.2) is 30.6 Å². The van der Waals surface area contributed by atoms with Crippen LogP contribution in [0.5, 0.6) is 0 Å². The number of likely N-dealkylation sites (tertiary alicyclic amines) is 1. The zero-order valence-corrected chi connectivity index (χ0v) is 7.17. The lowest BCUT2D eigenvalue weighted by atomic mass is 9.90. The SMILES string of the molecule is CC1CC(C)N(C)CC1N. The van der Waals surface area contributed by atoms with Gasteiger partial charge in [0.15, 0.2) is 0 Å². The first-order valence-electron chi connectivity index (χ1n) is 4.07. The maximum absolute atomic E-state index is 5.89. The van der Waals surface area contributed by atoms with Gasteiger partial charge in [-0.25, -0.2) is 0 Å². The normalized spacial score (nSPS) is 43.8. The summed E-state index contributed by atoms with van der Waals surface area (Å²) in [4.78, 5) is 2.34. The molecule has 0 bridgehead atoms. The summed E-state index contributed by atoms with van der Waals surface area (Å²) in [7, 11) is 2.15. The van der Waals surface area contributed by atoms with Crippen molar-refractivity contribution in [3.63, 3.8) is 0 Å². The molecule has 1 aliphatic rings. The molecule has 10 heavy (non-hydrogen) atoms.